The molecule has 1 aliphatic heterocycles. The van der Waals surface area contributed by atoms with E-state index in [1.165, 1.54) is 6.07 Å². The Balaban J connectivity index is 2.35. The van der Waals surface area contributed by atoms with Crippen molar-refractivity contribution in [2.75, 3.05) is 32.9 Å². The predicted molar refractivity (Wildman–Crippen MR) is 74.2 cm³/mol. The first-order valence-corrected chi connectivity index (χ1v) is 7.05. The van der Waals surface area contributed by atoms with Crippen molar-refractivity contribution < 1.29 is 8.78 Å². The number of hydrogen-bond donors (Lipinski definition) is 1. The van der Waals surface area contributed by atoms with Crippen LogP contribution < -0.4 is 5.32 Å². The van der Waals surface area contributed by atoms with E-state index in [9.17, 15) is 8.78 Å². The topological polar surface area (TPSA) is 15.3 Å². The number of nitrogens with one attached hydrogen (secondary N) is 1. The highest BCUT2D eigenvalue weighted by Crippen LogP contribution is 2.35. The molecule has 0 radical (unpaired) electrons. The maximum absolute atomic E-state index is 14.2. The van der Waals surface area contributed by atoms with Gasteiger partial charge in [-0.1, -0.05) is 23.2 Å². The molecular weight excluding hydrogens is 293 g/mol. The van der Waals surface area contributed by atoms with Gasteiger partial charge in [0.2, 0.25) is 0 Å². The average Bonchev–Trinajstić information content (AvgIpc) is 2.43. The van der Waals surface area contributed by atoms with E-state index in [2.05, 4.69) is 10.2 Å². The van der Waals surface area contributed by atoms with E-state index in [0.717, 1.165) is 26.2 Å². The summed E-state index contributed by atoms with van der Waals surface area (Å²) >= 11 is 11.9. The van der Waals surface area contributed by atoms with E-state index in [1.54, 1.807) is 6.07 Å². The molecule has 0 amide bonds. The Morgan fingerprint density at radius 2 is 1.84 bits per heavy atom. The molecule has 0 aliphatic carbocycles. The Labute approximate surface area is 121 Å². The molecule has 2 nitrogen and oxygen atoms in total. The smallest absolute Gasteiger partial charge is 0.148 e. The van der Waals surface area contributed by atoms with Gasteiger partial charge in [-0.2, -0.15) is 0 Å². The first-order chi connectivity index (χ1) is 9.15. The Bertz CT molecular complexity index is 437. The summed E-state index contributed by atoms with van der Waals surface area (Å²) in [7, 11) is 0. The summed E-state index contributed by atoms with van der Waals surface area (Å²) < 4.78 is 27.0. The summed E-state index contributed by atoms with van der Waals surface area (Å²) in [4.78, 5) is 2.05. The standard InChI is InChI=1S/C13H16Cl2F2N2/c14-9-1-2-10(15)13(17)12(9)11(3-4-16)19-7-5-18-6-8-19/h1-2,11,18H,3-8H2/t11-/m0/s1. The van der Waals surface area contributed by atoms with Gasteiger partial charge in [-0.25, -0.2) is 4.39 Å². The number of piperazine rings is 1. The van der Waals surface area contributed by atoms with Crippen molar-refractivity contribution in [2.24, 2.45) is 0 Å². The van der Waals surface area contributed by atoms with Gasteiger partial charge in [-0.05, 0) is 18.6 Å². The third-order valence-electron chi connectivity index (χ3n) is 3.39. The van der Waals surface area contributed by atoms with Crippen LogP contribution in [-0.4, -0.2) is 37.8 Å². The van der Waals surface area contributed by atoms with Gasteiger partial charge in [0.1, 0.15) is 5.82 Å². The molecule has 0 unspecified atom stereocenters. The first-order valence-electron chi connectivity index (χ1n) is 6.29. The molecular formula is C13H16Cl2F2N2. The molecule has 1 aromatic rings. The van der Waals surface area contributed by atoms with Gasteiger partial charge in [0.15, 0.2) is 0 Å². The summed E-state index contributed by atoms with van der Waals surface area (Å²) in [6.45, 7) is 2.59. The third kappa shape index (κ3) is 3.37. The summed E-state index contributed by atoms with van der Waals surface area (Å²) in [5.41, 5.74) is 0.314. The maximum atomic E-state index is 14.2. The zero-order valence-corrected chi connectivity index (χ0v) is 11.9. The fourth-order valence-electron chi connectivity index (χ4n) is 2.45. The fourth-order valence-corrected chi connectivity index (χ4v) is 2.89. The van der Waals surface area contributed by atoms with Gasteiger partial charge in [0.05, 0.1) is 11.7 Å². The van der Waals surface area contributed by atoms with Crippen molar-refractivity contribution in [2.45, 2.75) is 12.5 Å². The quantitative estimate of drug-likeness (QED) is 0.857. The minimum Gasteiger partial charge on any atom is -0.314 e. The molecule has 1 fully saturated rings. The Morgan fingerprint density at radius 1 is 1.21 bits per heavy atom. The first kappa shape index (κ1) is 15.0. The molecule has 1 aromatic carbocycles. The van der Waals surface area contributed by atoms with Gasteiger partial charge in [0.25, 0.3) is 0 Å². The van der Waals surface area contributed by atoms with Gasteiger partial charge >= 0.3 is 0 Å². The molecule has 2 rings (SSSR count). The third-order valence-corrected chi connectivity index (χ3v) is 4.01. The van der Waals surface area contributed by atoms with Crippen molar-refractivity contribution in [3.05, 3.63) is 33.6 Å². The van der Waals surface area contributed by atoms with Crippen LogP contribution in [0.2, 0.25) is 10.0 Å². The molecule has 1 N–H and O–H groups in total. The molecule has 6 heteroatoms. The van der Waals surface area contributed by atoms with Gasteiger partial charge in [0, 0.05) is 42.8 Å². The lowest BCUT2D eigenvalue weighted by Crippen LogP contribution is -2.45. The van der Waals surface area contributed by atoms with E-state index in [0.29, 0.717) is 10.6 Å². The number of alkyl halides is 1. The van der Waals surface area contributed by atoms with Crippen LogP contribution in [0.25, 0.3) is 0 Å². The number of hydrogen-bond acceptors (Lipinski definition) is 2. The van der Waals surface area contributed by atoms with Crippen LogP contribution >= 0.6 is 23.2 Å². The van der Waals surface area contributed by atoms with Crippen LogP contribution in [0, 0.1) is 5.82 Å². The zero-order chi connectivity index (χ0) is 13.8. The van der Waals surface area contributed by atoms with Crippen molar-refractivity contribution in [3.63, 3.8) is 0 Å². The van der Waals surface area contributed by atoms with E-state index in [-0.39, 0.29) is 17.5 Å². The van der Waals surface area contributed by atoms with Crippen molar-refractivity contribution >= 4 is 23.2 Å². The molecule has 1 saturated heterocycles. The van der Waals surface area contributed by atoms with Gasteiger partial charge < -0.3 is 5.32 Å². The lowest BCUT2D eigenvalue weighted by Gasteiger charge is -2.35. The fraction of sp³-hybridized carbons (Fsp3) is 0.538. The highest BCUT2D eigenvalue weighted by molar-refractivity contribution is 6.33. The highest BCUT2D eigenvalue weighted by Gasteiger charge is 2.27. The zero-order valence-electron chi connectivity index (χ0n) is 10.4. The van der Waals surface area contributed by atoms with E-state index in [4.69, 9.17) is 23.2 Å². The van der Waals surface area contributed by atoms with Crippen molar-refractivity contribution in [3.8, 4) is 0 Å². The maximum Gasteiger partial charge on any atom is 0.148 e. The number of benzene rings is 1. The molecule has 1 heterocycles. The molecule has 1 aliphatic rings. The minimum absolute atomic E-state index is 0.0263. The molecule has 19 heavy (non-hydrogen) atoms. The Morgan fingerprint density at radius 3 is 2.47 bits per heavy atom. The van der Waals surface area contributed by atoms with Crippen LogP contribution in [-0.2, 0) is 0 Å². The molecule has 106 valence electrons. The number of rotatable bonds is 4. The number of halogens is 4. The molecule has 0 saturated carbocycles. The summed E-state index contributed by atoms with van der Waals surface area (Å²) in [6.07, 6.45) is 0.219. The molecule has 0 bridgehead atoms. The van der Waals surface area contributed by atoms with Crippen LogP contribution in [0.4, 0.5) is 8.78 Å². The SMILES string of the molecule is FCC[C@@H](c1c(Cl)ccc(Cl)c1F)N1CCNCC1. The lowest BCUT2D eigenvalue weighted by atomic mass is 10.0. The average molecular weight is 309 g/mol. The van der Waals surface area contributed by atoms with Crippen LogP contribution in [0.3, 0.4) is 0 Å². The summed E-state index contributed by atoms with van der Waals surface area (Å²) in [5.74, 6) is -0.536. The lowest BCUT2D eigenvalue weighted by molar-refractivity contribution is 0.154. The van der Waals surface area contributed by atoms with E-state index >= 15 is 0 Å². The molecule has 0 spiro atoms. The number of nitrogens with zero attached hydrogens (tertiary/aromatic N) is 1. The highest BCUT2D eigenvalue weighted by atomic mass is 35.5. The Hall–Kier alpha value is -0.420. The van der Waals surface area contributed by atoms with Crippen LogP contribution in [0.1, 0.15) is 18.0 Å². The summed E-state index contributed by atoms with van der Waals surface area (Å²) in [5, 5.41) is 3.55. The van der Waals surface area contributed by atoms with Gasteiger partial charge in [-0.3, -0.25) is 9.29 Å². The summed E-state index contributed by atoms with van der Waals surface area (Å²) in [6, 6.07) is 2.63. The van der Waals surface area contributed by atoms with Crippen molar-refractivity contribution in [1.29, 1.82) is 0 Å². The van der Waals surface area contributed by atoms with Crippen LogP contribution in [0.15, 0.2) is 12.1 Å². The minimum atomic E-state index is -0.536. The van der Waals surface area contributed by atoms with Crippen LogP contribution in [0.5, 0.6) is 0 Å². The second kappa shape index (κ2) is 6.84. The van der Waals surface area contributed by atoms with Gasteiger partial charge in [-0.15, -0.1) is 0 Å². The van der Waals surface area contributed by atoms with E-state index in [1.807, 2.05) is 0 Å². The normalized spacial score (nSPS) is 18.5. The van der Waals surface area contributed by atoms with Crippen molar-refractivity contribution in [1.82, 2.24) is 10.2 Å². The Kier molecular flexibility index (Phi) is 5.39. The molecule has 1 atom stereocenters. The second-order valence-electron chi connectivity index (χ2n) is 4.54. The second-order valence-corrected chi connectivity index (χ2v) is 5.35. The monoisotopic (exact) mass is 308 g/mol. The predicted octanol–water partition coefficient (Wildman–Crippen LogP) is 3.44. The van der Waals surface area contributed by atoms with E-state index < -0.39 is 12.5 Å². The largest absolute Gasteiger partial charge is 0.314 e. The molecule has 0 aromatic heterocycles.